The molecule has 0 spiro atoms. The first-order valence-corrected chi connectivity index (χ1v) is 10.3. The molecule has 0 saturated carbocycles. The zero-order valence-electron chi connectivity index (χ0n) is 16.1. The van der Waals surface area contributed by atoms with E-state index in [0.717, 1.165) is 0 Å². The third-order valence-electron chi connectivity index (χ3n) is 4.17. The van der Waals surface area contributed by atoms with Crippen LogP contribution >= 0.6 is 31.9 Å². The number of methoxy groups -OCH3 is 2. The summed E-state index contributed by atoms with van der Waals surface area (Å²) in [5, 5.41) is 20.5. The van der Waals surface area contributed by atoms with Crippen LogP contribution in [0.2, 0.25) is 0 Å². The number of benzene rings is 3. The smallest absolute Gasteiger partial charge is 0.138 e. The molecule has 0 bridgehead atoms. The van der Waals surface area contributed by atoms with E-state index in [1.807, 2.05) is 12.1 Å². The lowest BCUT2D eigenvalue weighted by Crippen LogP contribution is -1.89. The lowest BCUT2D eigenvalue weighted by Gasteiger charge is -2.07. The van der Waals surface area contributed by atoms with Crippen LogP contribution in [-0.2, 0) is 0 Å². The third kappa shape index (κ3) is 5.01. The van der Waals surface area contributed by atoms with Gasteiger partial charge in [-0.1, -0.05) is 12.1 Å². The Bertz CT molecular complexity index is 1040. The first-order valence-electron chi connectivity index (χ1n) is 8.73. The van der Waals surface area contributed by atoms with E-state index in [1.54, 1.807) is 50.6 Å². The summed E-state index contributed by atoms with van der Waals surface area (Å²) < 4.78 is 11.5. The number of rotatable bonds is 6. The van der Waals surface area contributed by atoms with E-state index >= 15 is 0 Å². The fourth-order valence-corrected chi connectivity index (χ4v) is 3.49. The van der Waals surface area contributed by atoms with E-state index in [2.05, 4.69) is 41.8 Å². The van der Waals surface area contributed by atoms with Crippen molar-refractivity contribution in [3.05, 3.63) is 68.6 Å². The molecule has 30 heavy (non-hydrogen) atoms. The number of nitrogens with zero attached hydrogens (tertiary/aromatic N) is 2. The van der Waals surface area contributed by atoms with Gasteiger partial charge < -0.3 is 19.7 Å². The number of phenols is 2. The summed E-state index contributed by atoms with van der Waals surface area (Å²) in [5.41, 5.74) is 2.17. The largest absolute Gasteiger partial charge is 0.506 e. The highest BCUT2D eigenvalue weighted by atomic mass is 79.9. The predicted octanol–water partition coefficient (Wildman–Crippen LogP) is 6.14. The molecule has 0 aliphatic carbocycles. The average Bonchev–Trinajstić information content (AvgIpc) is 2.76. The Labute approximate surface area is 190 Å². The predicted molar refractivity (Wildman–Crippen MR) is 126 cm³/mol. The fraction of sp³-hybridized carbons (Fsp3) is 0.0909. The Morgan fingerprint density at radius 1 is 0.733 bits per heavy atom. The lowest BCUT2D eigenvalue weighted by atomic mass is 10.2. The quantitative estimate of drug-likeness (QED) is 0.373. The summed E-state index contributed by atoms with van der Waals surface area (Å²) in [5.74, 6) is 1.30. The minimum absolute atomic E-state index is 0.0617. The number of phenolic OH excluding ortho intramolecular Hbond substituents is 2. The van der Waals surface area contributed by atoms with Gasteiger partial charge in [0.1, 0.15) is 23.0 Å². The molecule has 0 fully saturated rings. The first kappa shape index (κ1) is 21.9. The number of aromatic hydroxyl groups is 2. The molecule has 0 atom stereocenters. The molecular formula is C22H18Br2N2O4. The maximum atomic E-state index is 10.3. The van der Waals surface area contributed by atoms with Crippen LogP contribution in [0.15, 0.2) is 67.5 Å². The molecule has 3 aromatic rings. The summed E-state index contributed by atoms with van der Waals surface area (Å²) >= 11 is 6.60. The van der Waals surface area contributed by atoms with Gasteiger partial charge in [0.05, 0.1) is 34.5 Å². The van der Waals surface area contributed by atoms with Crippen molar-refractivity contribution in [2.24, 2.45) is 9.98 Å². The maximum absolute atomic E-state index is 10.3. The molecule has 6 nitrogen and oxygen atoms in total. The van der Waals surface area contributed by atoms with Crippen molar-refractivity contribution in [2.45, 2.75) is 0 Å². The van der Waals surface area contributed by atoms with E-state index in [9.17, 15) is 10.2 Å². The number of ether oxygens (including phenoxy) is 2. The average molecular weight is 534 g/mol. The van der Waals surface area contributed by atoms with Crippen LogP contribution in [0.25, 0.3) is 0 Å². The van der Waals surface area contributed by atoms with Crippen LogP contribution in [0.4, 0.5) is 11.4 Å². The second-order valence-corrected chi connectivity index (χ2v) is 7.81. The van der Waals surface area contributed by atoms with Gasteiger partial charge in [-0.05, 0) is 68.3 Å². The molecule has 3 aromatic carbocycles. The normalized spacial score (nSPS) is 11.3. The van der Waals surface area contributed by atoms with Crippen molar-refractivity contribution >= 4 is 55.7 Å². The van der Waals surface area contributed by atoms with Gasteiger partial charge in [0.25, 0.3) is 0 Å². The Kier molecular flexibility index (Phi) is 7.12. The maximum Gasteiger partial charge on any atom is 0.138 e. The molecule has 0 aliphatic rings. The van der Waals surface area contributed by atoms with Crippen molar-refractivity contribution in [2.75, 3.05) is 14.2 Å². The standard InChI is InChI=1S/C22H18Br2N2O4/c1-29-15-7-13(21(27)17(23)9-15)11-25-19-5-3-4-6-20(19)26-12-14-8-16(30-2)10-18(24)22(14)28/h3-12,27-28H,1-2H3. The molecule has 0 amide bonds. The number of para-hydroxylation sites is 2. The van der Waals surface area contributed by atoms with E-state index in [1.165, 1.54) is 12.4 Å². The second kappa shape index (κ2) is 9.77. The summed E-state index contributed by atoms with van der Waals surface area (Å²) in [6, 6.07) is 14.0. The van der Waals surface area contributed by atoms with Gasteiger partial charge in [-0.25, -0.2) is 0 Å². The number of halogens is 2. The van der Waals surface area contributed by atoms with Crippen LogP contribution < -0.4 is 9.47 Å². The topological polar surface area (TPSA) is 83.6 Å². The first-order chi connectivity index (χ1) is 14.4. The second-order valence-electron chi connectivity index (χ2n) is 6.10. The minimum Gasteiger partial charge on any atom is -0.506 e. The monoisotopic (exact) mass is 532 g/mol. The number of hydrogen-bond donors (Lipinski definition) is 2. The molecule has 0 heterocycles. The molecule has 154 valence electrons. The zero-order chi connectivity index (χ0) is 21.7. The van der Waals surface area contributed by atoms with E-state index in [-0.39, 0.29) is 11.5 Å². The van der Waals surface area contributed by atoms with E-state index in [4.69, 9.17) is 9.47 Å². The van der Waals surface area contributed by atoms with Gasteiger partial charge in [0, 0.05) is 23.6 Å². The molecule has 0 saturated heterocycles. The zero-order valence-corrected chi connectivity index (χ0v) is 19.3. The van der Waals surface area contributed by atoms with Crippen molar-refractivity contribution in [1.82, 2.24) is 0 Å². The van der Waals surface area contributed by atoms with E-state index in [0.29, 0.717) is 42.9 Å². The summed E-state index contributed by atoms with van der Waals surface area (Å²) in [4.78, 5) is 8.94. The van der Waals surface area contributed by atoms with Gasteiger partial charge >= 0.3 is 0 Å². The van der Waals surface area contributed by atoms with Crippen molar-refractivity contribution < 1.29 is 19.7 Å². The fourth-order valence-electron chi connectivity index (χ4n) is 2.58. The third-order valence-corrected chi connectivity index (χ3v) is 5.38. The Morgan fingerprint density at radius 2 is 1.13 bits per heavy atom. The van der Waals surface area contributed by atoms with Gasteiger partial charge in [0.15, 0.2) is 0 Å². The van der Waals surface area contributed by atoms with Crippen LogP contribution in [0.3, 0.4) is 0 Å². The molecule has 8 heteroatoms. The van der Waals surface area contributed by atoms with Crippen molar-refractivity contribution in [3.8, 4) is 23.0 Å². The highest BCUT2D eigenvalue weighted by Crippen LogP contribution is 2.34. The van der Waals surface area contributed by atoms with Crippen LogP contribution in [-0.4, -0.2) is 36.9 Å². The van der Waals surface area contributed by atoms with Gasteiger partial charge in [-0.3, -0.25) is 9.98 Å². The van der Waals surface area contributed by atoms with Crippen molar-refractivity contribution in [1.29, 1.82) is 0 Å². The van der Waals surface area contributed by atoms with Crippen LogP contribution in [0.1, 0.15) is 11.1 Å². The SMILES string of the molecule is COc1cc(Br)c(O)c(C=Nc2ccccc2N=Cc2cc(OC)cc(Br)c2O)c1. The Hall–Kier alpha value is -2.84. The lowest BCUT2D eigenvalue weighted by molar-refractivity contribution is 0.411. The van der Waals surface area contributed by atoms with Crippen LogP contribution in [0, 0.1) is 0 Å². The van der Waals surface area contributed by atoms with Crippen molar-refractivity contribution in [3.63, 3.8) is 0 Å². The summed E-state index contributed by atoms with van der Waals surface area (Å²) in [6.07, 6.45) is 3.08. The molecule has 0 aliphatic heterocycles. The molecule has 0 unspecified atom stereocenters. The Balaban J connectivity index is 1.95. The van der Waals surface area contributed by atoms with Gasteiger partial charge in [0.2, 0.25) is 0 Å². The molecule has 0 aromatic heterocycles. The molecular weight excluding hydrogens is 516 g/mol. The van der Waals surface area contributed by atoms with Gasteiger partial charge in [-0.2, -0.15) is 0 Å². The Morgan fingerprint density at radius 3 is 1.50 bits per heavy atom. The highest BCUT2D eigenvalue weighted by Gasteiger charge is 2.09. The molecule has 3 rings (SSSR count). The molecule has 2 N–H and O–H groups in total. The minimum atomic E-state index is 0.0617. The van der Waals surface area contributed by atoms with Gasteiger partial charge in [-0.15, -0.1) is 0 Å². The summed E-state index contributed by atoms with van der Waals surface area (Å²) in [7, 11) is 3.10. The molecule has 0 radical (unpaired) electrons. The van der Waals surface area contributed by atoms with Crippen LogP contribution in [0.5, 0.6) is 23.0 Å². The van der Waals surface area contributed by atoms with E-state index < -0.39 is 0 Å². The summed E-state index contributed by atoms with van der Waals surface area (Å²) in [6.45, 7) is 0. The number of hydrogen-bond acceptors (Lipinski definition) is 6. The highest BCUT2D eigenvalue weighted by molar-refractivity contribution is 9.10. The number of aliphatic imine (C=N–C) groups is 2.